The Labute approximate surface area is 89.4 Å². The summed E-state index contributed by atoms with van der Waals surface area (Å²) in [6.07, 6.45) is 5.20. The van der Waals surface area contributed by atoms with Crippen molar-refractivity contribution in [2.75, 3.05) is 25.5 Å². The lowest BCUT2D eigenvalue weighted by Gasteiger charge is -2.36. The summed E-state index contributed by atoms with van der Waals surface area (Å²) in [6.45, 7) is 2.09. The molecule has 0 aromatic carbocycles. The van der Waals surface area contributed by atoms with E-state index < -0.39 is 0 Å². The highest BCUT2D eigenvalue weighted by Crippen LogP contribution is 2.26. The van der Waals surface area contributed by atoms with Crippen molar-refractivity contribution in [3.8, 4) is 0 Å². The molecule has 0 spiro atoms. The van der Waals surface area contributed by atoms with E-state index in [1.165, 1.54) is 6.42 Å². The predicted molar refractivity (Wildman–Crippen MR) is 59.3 cm³/mol. The monoisotopic (exact) mass is 249 g/mol. The molecule has 1 N–H and O–H groups in total. The fraction of sp³-hybridized carbons (Fsp3) is 1.00. The molecular formula is C10H20BrNO. The molecule has 1 heterocycles. The van der Waals surface area contributed by atoms with Crippen LogP contribution >= 0.6 is 15.9 Å². The van der Waals surface area contributed by atoms with Crippen LogP contribution in [0.5, 0.6) is 0 Å². The van der Waals surface area contributed by atoms with Gasteiger partial charge in [-0.3, -0.25) is 0 Å². The molecule has 0 aromatic heterocycles. The van der Waals surface area contributed by atoms with Crippen molar-refractivity contribution in [3.63, 3.8) is 0 Å². The minimum absolute atomic E-state index is 0.352. The van der Waals surface area contributed by atoms with Crippen molar-refractivity contribution < 1.29 is 5.11 Å². The summed E-state index contributed by atoms with van der Waals surface area (Å²) in [5.74, 6) is 0. The summed E-state index contributed by atoms with van der Waals surface area (Å²) in [5, 5.41) is 11.2. The van der Waals surface area contributed by atoms with Crippen molar-refractivity contribution >= 4 is 15.9 Å². The van der Waals surface area contributed by atoms with Crippen molar-refractivity contribution in [2.24, 2.45) is 0 Å². The van der Waals surface area contributed by atoms with Gasteiger partial charge in [-0.2, -0.15) is 0 Å². The van der Waals surface area contributed by atoms with Gasteiger partial charge >= 0.3 is 0 Å². The van der Waals surface area contributed by atoms with Crippen LogP contribution < -0.4 is 0 Å². The molecule has 3 heteroatoms. The van der Waals surface area contributed by atoms with Crippen LogP contribution in [-0.4, -0.2) is 41.1 Å². The van der Waals surface area contributed by atoms with Crippen LogP contribution in [0.1, 0.15) is 32.1 Å². The van der Waals surface area contributed by atoms with Gasteiger partial charge in [0.15, 0.2) is 0 Å². The van der Waals surface area contributed by atoms with E-state index in [-0.39, 0.29) is 5.60 Å². The molecule has 1 aliphatic heterocycles. The maximum Gasteiger partial charge on any atom is 0.0672 e. The van der Waals surface area contributed by atoms with Gasteiger partial charge in [0, 0.05) is 18.4 Å². The first-order valence-electron chi connectivity index (χ1n) is 5.13. The Balaban J connectivity index is 2.22. The molecule has 2 nitrogen and oxygen atoms in total. The molecule has 13 heavy (non-hydrogen) atoms. The number of aliphatic hydroxyl groups is 1. The van der Waals surface area contributed by atoms with Crippen LogP contribution in [0.4, 0.5) is 0 Å². The third-order valence-corrected chi connectivity index (χ3v) is 3.50. The minimum Gasteiger partial charge on any atom is -0.390 e. The van der Waals surface area contributed by atoms with Crippen LogP contribution in [0, 0.1) is 0 Å². The molecule has 1 saturated heterocycles. The van der Waals surface area contributed by atoms with Crippen molar-refractivity contribution in [3.05, 3.63) is 0 Å². The van der Waals surface area contributed by atoms with E-state index in [1.807, 2.05) is 0 Å². The zero-order chi connectivity index (χ0) is 9.73. The Morgan fingerprint density at radius 1 is 1.31 bits per heavy atom. The van der Waals surface area contributed by atoms with Crippen molar-refractivity contribution in [1.29, 1.82) is 0 Å². The highest BCUT2D eigenvalue weighted by molar-refractivity contribution is 9.09. The molecule has 0 atom stereocenters. The van der Waals surface area contributed by atoms with Gasteiger partial charge in [-0.1, -0.05) is 15.9 Å². The van der Waals surface area contributed by atoms with E-state index in [0.29, 0.717) is 0 Å². The molecule has 1 rings (SSSR count). The molecule has 0 aromatic rings. The Bertz CT molecular complexity index is 144. The van der Waals surface area contributed by atoms with Gasteiger partial charge in [0.05, 0.1) is 5.60 Å². The van der Waals surface area contributed by atoms with Crippen LogP contribution in [-0.2, 0) is 0 Å². The lowest BCUT2D eigenvalue weighted by molar-refractivity contribution is -0.0237. The number of halogens is 1. The number of alkyl halides is 1. The Hall–Kier alpha value is 0.400. The fourth-order valence-corrected chi connectivity index (χ4v) is 2.23. The Morgan fingerprint density at radius 3 is 2.46 bits per heavy atom. The van der Waals surface area contributed by atoms with Crippen LogP contribution in [0.25, 0.3) is 0 Å². The molecule has 0 saturated carbocycles. The van der Waals surface area contributed by atoms with Gasteiger partial charge < -0.3 is 10.0 Å². The average Bonchev–Trinajstić information content (AvgIpc) is 2.12. The second kappa shape index (κ2) is 5.32. The highest BCUT2D eigenvalue weighted by atomic mass is 79.9. The summed E-state index contributed by atoms with van der Waals surface area (Å²) >= 11 is 3.41. The molecule has 0 unspecified atom stereocenters. The number of rotatable bonds is 4. The highest BCUT2D eigenvalue weighted by Gasteiger charge is 2.29. The normalized spacial score (nSPS) is 23.3. The van der Waals surface area contributed by atoms with Gasteiger partial charge in [0.2, 0.25) is 0 Å². The number of likely N-dealkylation sites (tertiary alicyclic amines) is 1. The smallest absolute Gasteiger partial charge is 0.0672 e. The first-order valence-corrected chi connectivity index (χ1v) is 6.25. The Kier molecular flexibility index (Phi) is 4.70. The van der Waals surface area contributed by atoms with E-state index in [9.17, 15) is 5.11 Å². The van der Waals surface area contributed by atoms with E-state index in [0.717, 1.165) is 44.1 Å². The maximum absolute atomic E-state index is 10.2. The number of piperidine rings is 1. The topological polar surface area (TPSA) is 23.5 Å². The van der Waals surface area contributed by atoms with Crippen LogP contribution in [0.15, 0.2) is 0 Å². The second-order valence-corrected chi connectivity index (χ2v) is 4.97. The van der Waals surface area contributed by atoms with E-state index in [1.54, 1.807) is 0 Å². The Morgan fingerprint density at radius 2 is 1.92 bits per heavy atom. The van der Waals surface area contributed by atoms with E-state index in [4.69, 9.17) is 0 Å². The predicted octanol–water partition coefficient (Wildman–Crippen LogP) is 2.01. The molecule has 1 aliphatic rings. The largest absolute Gasteiger partial charge is 0.390 e. The zero-order valence-electron chi connectivity index (χ0n) is 8.43. The summed E-state index contributed by atoms with van der Waals surface area (Å²) in [4.78, 5) is 2.29. The van der Waals surface area contributed by atoms with Gasteiger partial charge in [0.25, 0.3) is 0 Å². The first-order chi connectivity index (χ1) is 6.16. The molecule has 0 aliphatic carbocycles. The number of hydrogen-bond donors (Lipinski definition) is 1. The molecule has 0 bridgehead atoms. The van der Waals surface area contributed by atoms with Crippen LogP contribution in [0.3, 0.4) is 0 Å². The SMILES string of the molecule is CN1CCC(O)(CCCCBr)CC1. The average molecular weight is 250 g/mol. The number of hydrogen-bond acceptors (Lipinski definition) is 2. The summed E-state index contributed by atoms with van der Waals surface area (Å²) < 4.78 is 0. The molecule has 1 fully saturated rings. The maximum atomic E-state index is 10.2. The first kappa shape index (κ1) is 11.5. The molecule has 78 valence electrons. The van der Waals surface area contributed by atoms with Crippen molar-refractivity contribution in [2.45, 2.75) is 37.7 Å². The van der Waals surface area contributed by atoms with E-state index >= 15 is 0 Å². The lowest BCUT2D eigenvalue weighted by Crippen LogP contribution is -2.42. The molecule has 0 amide bonds. The van der Waals surface area contributed by atoms with Gasteiger partial charge in [-0.25, -0.2) is 0 Å². The standard InChI is InChI=1S/C10H20BrNO/c1-12-8-5-10(13,6-9-12)4-2-3-7-11/h13H,2-9H2,1H3. The van der Waals surface area contributed by atoms with Gasteiger partial charge in [0.1, 0.15) is 0 Å². The second-order valence-electron chi connectivity index (χ2n) is 4.17. The summed E-state index contributed by atoms with van der Waals surface area (Å²) in [5.41, 5.74) is -0.352. The minimum atomic E-state index is -0.352. The zero-order valence-corrected chi connectivity index (χ0v) is 10.0. The van der Waals surface area contributed by atoms with Gasteiger partial charge in [-0.15, -0.1) is 0 Å². The van der Waals surface area contributed by atoms with Crippen molar-refractivity contribution in [1.82, 2.24) is 4.90 Å². The van der Waals surface area contributed by atoms with Gasteiger partial charge in [-0.05, 0) is 39.2 Å². The third kappa shape index (κ3) is 3.96. The van der Waals surface area contributed by atoms with E-state index in [2.05, 4.69) is 27.9 Å². The molecule has 0 radical (unpaired) electrons. The quantitative estimate of drug-likeness (QED) is 0.609. The lowest BCUT2D eigenvalue weighted by atomic mass is 9.87. The fourth-order valence-electron chi connectivity index (χ4n) is 1.83. The number of unbranched alkanes of at least 4 members (excludes halogenated alkanes) is 1. The number of nitrogens with zero attached hydrogens (tertiary/aromatic N) is 1. The molecular weight excluding hydrogens is 230 g/mol. The third-order valence-electron chi connectivity index (χ3n) is 2.94. The summed E-state index contributed by atoms with van der Waals surface area (Å²) in [6, 6.07) is 0. The van der Waals surface area contributed by atoms with Crippen LogP contribution in [0.2, 0.25) is 0 Å². The summed E-state index contributed by atoms with van der Waals surface area (Å²) in [7, 11) is 2.12.